The maximum atomic E-state index is 2.38. The molecule has 0 aliphatic carbocycles. The molecule has 55 heavy (non-hydrogen) atoms. The van der Waals surface area contributed by atoms with Crippen molar-refractivity contribution in [2.45, 2.75) is 0 Å². The van der Waals surface area contributed by atoms with Crippen molar-refractivity contribution in [2.24, 2.45) is 0 Å². The van der Waals surface area contributed by atoms with Crippen molar-refractivity contribution < 1.29 is 0 Å². The second kappa shape index (κ2) is 14.0. The minimum absolute atomic E-state index is 1.10. The molecule has 0 aromatic heterocycles. The minimum Gasteiger partial charge on any atom is -0.310 e. The highest BCUT2D eigenvalue weighted by Gasteiger charge is 2.16. The molecule has 0 N–H and O–H groups in total. The number of nitrogens with zero attached hydrogens (tertiary/aromatic N) is 1. The van der Waals surface area contributed by atoms with Crippen LogP contribution in [0.15, 0.2) is 224 Å². The molecule has 0 fully saturated rings. The third-order valence-electron chi connectivity index (χ3n) is 10.8. The molecule has 1 heteroatoms. The average molecular weight is 700 g/mol. The number of hydrogen-bond donors (Lipinski definition) is 0. The van der Waals surface area contributed by atoms with Crippen LogP contribution in [-0.2, 0) is 0 Å². The lowest BCUT2D eigenvalue weighted by Gasteiger charge is -2.26. The van der Waals surface area contributed by atoms with Gasteiger partial charge in [0.15, 0.2) is 0 Å². The van der Waals surface area contributed by atoms with E-state index in [0.29, 0.717) is 0 Å². The van der Waals surface area contributed by atoms with Crippen molar-refractivity contribution >= 4 is 49.4 Å². The summed E-state index contributed by atoms with van der Waals surface area (Å²) >= 11 is 0. The Morgan fingerprint density at radius 1 is 0.236 bits per heavy atom. The third kappa shape index (κ3) is 6.12. The summed E-state index contributed by atoms with van der Waals surface area (Å²) in [6.45, 7) is 0. The van der Waals surface area contributed by atoms with Crippen LogP contribution in [0.1, 0.15) is 0 Å². The first-order valence-electron chi connectivity index (χ1n) is 18.9. The quantitative estimate of drug-likeness (QED) is 0.160. The molecule has 10 aromatic carbocycles. The average Bonchev–Trinajstić information content (AvgIpc) is 3.27. The van der Waals surface area contributed by atoms with E-state index in [0.717, 1.165) is 17.1 Å². The molecule has 0 radical (unpaired) electrons. The number of rotatable bonds is 7. The highest BCUT2D eigenvalue weighted by atomic mass is 15.1. The Hall–Kier alpha value is -7.22. The summed E-state index contributed by atoms with van der Waals surface area (Å²) in [6.07, 6.45) is 0. The Balaban J connectivity index is 1.09. The van der Waals surface area contributed by atoms with Gasteiger partial charge in [-0.05, 0) is 119 Å². The van der Waals surface area contributed by atoms with Crippen LogP contribution in [0.4, 0.5) is 17.1 Å². The Labute approximate surface area is 322 Å². The molecule has 10 aromatic rings. The van der Waals surface area contributed by atoms with E-state index in [4.69, 9.17) is 0 Å². The Kier molecular flexibility index (Phi) is 8.24. The molecular weight excluding hydrogens is 663 g/mol. The van der Waals surface area contributed by atoms with Crippen LogP contribution in [-0.4, -0.2) is 0 Å². The maximum absolute atomic E-state index is 2.38. The zero-order valence-corrected chi connectivity index (χ0v) is 30.3. The molecule has 0 saturated heterocycles. The second-order valence-electron chi connectivity index (χ2n) is 14.1. The standard InChI is InChI=1S/C54H37N/c1-3-12-38(13-4-1)39-26-31-47(32-27-39)55(49-35-28-40-24-25-45(36-46(40)37-49)51-21-9-17-41-16-7-8-20-50(41)51)48-33-29-43(30-34-48)53-23-11-19-44-18-10-22-52(54(44)53)42-14-5-2-6-15-42/h1-37H. The van der Waals surface area contributed by atoms with Crippen LogP contribution in [0.25, 0.3) is 76.8 Å². The van der Waals surface area contributed by atoms with Gasteiger partial charge in [-0.3, -0.25) is 0 Å². The molecule has 10 rings (SSSR count). The maximum Gasteiger partial charge on any atom is 0.0468 e. The monoisotopic (exact) mass is 699 g/mol. The van der Waals surface area contributed by atoms with Gasteiger partial charge in [0.25, 0.3) is 0 Å². The van der Waals surface area contributed by atoms with Gasteiger partial charge in [-0.15, -0.1) is 0 Å². The molecule has 0 aliphatic rings. The topological polar surface area (TPSA) is 3.24 Å². The molecule has 0 atom stereocenters. The summed E-state index contributed by atoms with van der Waals surface area (Å²) in [7, 11) is 0. The zero-order chi connectivity index (χ0) is 36.6. The third-order valence-corrected chi connectivity index (χ3v) is 10.8. The summed E-state index contributed by atoms with van der Waals surface area (Å²) < 4.78 is 0. The summed E-state index contributed by atoms with van der Waals surface area (Å²) in [5.41, 5.74) is 13.1. The highest BCUT2D eigenvalue weighted by Crippen LogP contribution is 2.41. The van der Waals surface area contributed by atoms with Gasteiger partial charge in [-0.2, -0.15) is 0 Å². The normalized spacial score (nSPS) is 11.3. The number of fused-ring (bicyclic) bond motifs is 3. The summed E-state index contributed by atoms with van der Waals surface area (Å²) in [6, 6.07) is 81.4. The first-order valence-corrected chi connectivity index (χ1v) is 18.9. The number of anilines is 3. The van der Waals surface area contributed by atoms with E-state index < -0.39 is 0 Å². The van der Waals surface area contributed by atoms with Gasteiger partial charge in [0.2, 0.25) is 0 Å². The molecule has 0 heterocycles. The van der Waals surface area contributed by atoms with E-state index in [-0.39, 0.29) is 0 Å². The molecule has 0 saturated carbocycles. The zero-order valence-electron chi connectivity index (χ0n) is 30.3. The molecule has 0 aliphatic heterocycles. The number of hydrogen-bond acceptors (Lipinski definition) is 1. The second-order valence-corrected chi connectivity index (χ2v) is 14.1. The Bertz CT molecular complexity index is 2940. The SMILES string of the molecule is c1ccc(-c2ccc(N(c3ccc(-c4cccc5cccc(-c6ccccc6)c45)cc3)c3ccc4ccc(-c5cccc6ccccc56)cc4c3)cc2)cc1. The summed E-state index contributed by atoms with van der Waals surface area (Å²) in [5.74, 6) is 0. The van der Waals surface area contributed by atoms with Crippen LogP contribution in [0.2, 0.25) is 0 Å². The predicted octanol–water partition coefficient (Wildman–Crippen LogP) is 15.3. The molecule has 0 unspecified atom stereocenters. The van der Waals surface area contributed by atoms with Gasteiger partial charge in [0, 0.05) is 17.1 Å². The van der Waals surface area contributed by atoms with Crippen LogP contribution >= 0.6 is 0 Å². The predicted molar refractivity (Wildman–Crippen MR) is 235 cm³/mol. The van der Waals surface area contributed by atoms with Crippen molar-refractivity contribution in [3.05, 3.63) is 224 Å². The van der Waals surface area contributed by atoms with E-state index >= 15 is 0 Å². The van der Waals surface area contributed by atoms with Crippen molar-refractivity contribution in [1.82, 2.24) is 0 Å². The smallest absolute Gasteiger partial charge is 0.0468 e. The lowest BCUT2D eigenvalue weighted by Crippen LogP contribution is -2.09. The first-order chi connectivity index (χ1) is 27.3. The fourth-order valence-corrected chi connectivity index (χ4v) is 8.13. The van der Waals surface area contributed by atoms with Crippen LogP contribution in [0, 0.1) is 0 Å². The van der Waals surface area contributed by atoms with Gasteiger partial charge < -0.3 is 4.90 Å². The van der Waals surface area contributed by atoms with Crippen LogP contribution in [0.3, 0.4) is 0 Å². The fraction of sp³-hybridized carbons (Fsp3) is 0. The molecular formula is C54H37N. The van der Waals surface area contributed by atoms with E-state index in [2.05, 4.69) is 229 Å². The van der Waals surface area contributed by atoms with Gasteiger partial charge in [-0.25, -0.2) is 0 Å². The summed E-state index contributed by atoms with van der Waals surface area (Å²) in [4.78, 5) is 2.38. The van der Waals surface area contributed by atoms with Crippen molar-refractivity contribution in [2.75, 3.05) is 4.90 Å². The Morgan fingerprint density at radius 3 is 1.40 bits per heavy atom. The lowest BCUT2D eigenvalue weighted by molar-refractivity contribution is 1.29. The first kappa shape index (κ1) is 32.4. The van der Waals surface area contributed by atoms with E-state index in [9.17, 15) is 0 Å². The summed E-state index contributed by atoms with van der Waals surface area (Å²) in [5, 5.41) is 7.45. The molecule has 0 spiro atoms. The van der Waals surface area contributed by atoms with E-state index in [1.807, 2.05) is 0 Å². The van der Waals surface area contributed by atoms with Crippen molar-refractivity contribution in [1.29, 1.82) is 0 Å². The van der Waals surface area contributed by atoms with Crippen molar-refractivity contribution in [3.8, 4) is 44.5 Å². The Morgan fingerprint density at radius 2 is 0.709 bits per heavy atom. The van der Waals surface area contributed by atoms with Gasteiger partial charge >= 0.3 is 0 Å². The van der Waals surface area contributed by atoms with Crippen molar-refractivity contribution in [3.63, 3.8) is 0 Å². The molecule has 1 nitrogen and oxygen atoms in total. The van der Waals surface area contributed by atoms with Crippen LogP contribution < -0.4 is 4.90 Å². The van der Waals surface area contributed by atoms with Gasteiger partial charge in [0.05, 0.1) is 0 Å². The molecule has 0 amide bonds. The fourth-order valence-electron chi connectivity index (χ4n) is 8.13. The molecule has 258 valence electrons. The van der Waals surface area contributed by atoms with Gasteiger partial charge in [0.1, 0.15) is 0 Å². The number of benzene rings is 10. The van der Waals surface area contributed by atoms with Gasteiger partial charge in [-0.1, -0.05) is 182 Å². The largest absolute Gasteiger partial charge is 0.310 e. The van der Waals surface area contributed by atoms with E-state index in [1.54, 1.807) is 0 Å². The minimum atomic E-state index is 1.10. The van der Waals surface area contributed by atoms with E-state index in [1.165, 1.54) is 76.8 Å². The lowest BCUT2D eigenvalue weighted by atomic mass is 9.91. The molecule has 0 bridgehead atoms. The van der Waals surface area contributed by atoms with Crippen LogP contribution in [0.5, 0.6) is 0 Å². The highest BCUT2D eigenvalue weighted by molar-refractivity contribution is 6.06.